The van der Waals surface area contributed by atoms with Gasteiger partial charge in [-0.3, -0.25) is 4.90 Å². The van der Waals surface area contributed by atoms with Crippen molar-refractivity contribution < 1.29 is 0 Å². The van der Waals surface area contributed by atoms with Crippen LogP contribution in [0, 0.1) is 6.92 Å². The Labute approximate surface area is 228 Å². The molecule has 0 atom stereocenters. The van der Waals surface area contributed by atoms with E-state index in [0.717, 1.165) is 39.8 Å². The van der Waals surface area contributed by atoms with Crippen LogP contribution >= 0.6 is 0 Å². The third-order valence-electron chi connectivity index (χ3n) is 6.42. The largest absolute Gasteiger partial charge is 0.275 e. The van der Waals surface area contributed by atoms with Gasteiger partial charge in [-0.1, -0.05) is 115 Å². The molecule has 0 unspecified atom stereocenters. The number of nitrogens with zero attached hydrogens (tertiary/aromatic N) is 5. The molecule has 0 aromatic heterocycles. The second-order valence-corrected chi connectivity index (χ2v) is 9.18. The van der Waals surface area contributed by atoms with Crippen LogP contribution in [0.5, 0.6) is 0 Å². The predicted molar refractivity (Wildman–Crippen MR) is 160 cm³/mol. The van der Waals surface area contributed by atoms with Crippen LogP contribution in [0.4, 0.5) is 17.1 Å². The first-order valence-electron chi connectivity index (χ1n) is 12.9. The first-order chi connectivity index (χ1) is 19.3. The molecule has 0 bridgehead atoms. The van der Waals surface area contributed by atoms with E-state index < -0.39 is 0 Å². The fourth-order valence-electron chi connectivity index (χ4n) is 4.48. The lowest BCUT2D eigenvalue weighted by Crippen LogP contribution is -2.30. The molecule has 5 aromatic rings. The molecule has 0 fully saturated rings. The van der Waals surface area contributed by atoms with Crippen LogP contribution in [-0.4, -0.2) is 5.84 Å². The molecule has 1 aliphatic rings. The predicted octanol–water partition coefficient (Wildman–Crippen LogP) is 8.79. The zero-order valence-corrected chi connectivity index (χ0v) is 21.6. The zero-order chi connectivity index (χ0) is 26.4. The maximum absolute atomic E-state index is 5.21. The van der Waals surface area contributed by atoms with Crippen LogP contribution in [0.15, 0.2) is 167 Å². The highest BCUT2D eigenvalue weighted by Crippen LogP contribution is 2.39. The first-order valence-corrected chi connectivity index (χ1v) is 12.9. The summed E-state index contributed by atoms with van der Waals surface area (Å²) in [6.45, 7) is 2.09. The van der Waals surface area contributed by atoms with Crippen molar-refractivity contribution in [3.63, 3.8) is 0 Å². The molecule has 0 saturated heterocycles. The molecule has 6 rings (SSSR count). The Morgan fingerprint density at radius 1 is 0.590 bits per heavy atom. The van der Waals surface area contributed by atoms with E-state index in [0.29, 0.717) is 5.70 Å². The Kier molecular flexibility index (Phi) is 6.78. The summed E-state index contributed by atoms with van der Waals surface area (Å²) in [5.41, 5.74) is 6.53. The van der Waals surface area contributed by atoms with E-state index in [-0.39, 0.29) is 0 Å². The summed E-state index contributed by atoms with van der Waals surface area (Å²) in [5.74, 6) is 1.61. The summed E-state index contributed by atoms with van der Waals surface area (Å²) in [6, 6.07) is 48.9. The second kappa shape index (κ2) is 11.0. The lowest BCUT2D eigenvalue weighted by molar-refractivity contribution is 1.01. The smallest absolute Gasteiger partial charge is 0.169 e. The van der Waals surface area contributed by atoms with Crippen molar-refractivity contribution >= 4 is 28.6 Å². The summed E-state index contributed by atoms with van der Waals surface area (Å²) in [6.07, 6.45) is 0. The number of aryl methyl sites for hydroxylation is 1. The normalized spacial score (nSPS) is 14.5. The number of para-hydroxylation sites is 1. The molecule has 0 aliphatic carbocycles. The molecular weight excluding hydrogens is 478 g/mol. The maximum Gasteiger partial charge on any atom is 0.169 e. The van der Waals surface area contributed by atoms with Gasteiger partial charge in [0.1, 0.15) is 5.70 Å². The molecule has 0 radical (unpaired) electrons. The highest BCUT2D eigenvalue weighted by atomic mass is 15.6. The van der Waals surface area contributed by atoms with E-state index in [4.69, 9.17) is 10.2 Å². The topological polar surface area (TPSA) is 43.6 Å². The minimum atomic E-state index is 0.707. The van der Waals surface area contributed by atoms with E-state index in [9.17, 15) is 0 Å². The van der Waals surface area contributed by atoms with Gasteiger partial charge in [-0.05, 0) is 43.3 Å². The molecule has 5 aromatic carbocycles. The van der Waals surface area contributed by atoms with Gasteiger partial charge in [-0.15, -0.1) is 10.2 Å². The number of hydrazone groups is 1. The Bertz CT molecular complexity index is 1630. The third-order valence-corrected chi connectivity index (χ3v) is 6.42. The van der Waals surface area contributed by atoms with Gasteiger partial charge in [-0.25, -0.2) is 5.01 Å². The van der Waals surface area contributed by atoms with Crippen LogP contribution < -0.4 is 9.91 Å². The van der Waals surface area contributed by atoms with Gasteiger partial charge in [0.25, 0.3) is 0 Å². The van der Waals surface area contributed by atoms with Gasteiger partial charge in [0.2, 0.25) is 0 Å². The Morgan fingerprint density at radius 2 is 1.15 bits per heavy atom. The molecule has 5 heteroatoms. The number of amidine groups is 1. The van der Waals surface area contributed by atoms with Crippen LogP contribution in [0.1, 0.15) is 16.7 Å². The molecule has 188 valence electrons. The average Bonchev–Trinajstić information content (AvgIpc) is 3.40. The van der Waals surface area contributed by atoms with E-state index in [2.05, 4.69) is 77.6 Å². The molecule has 0 spiro atoms. The molecule has 1 heterocycles. The van der Waals surface area contributed by atoms with Gasteiger partial charge in [-0.2, -0.15) is 5.11 Å². The number of hydrogen-bond acceptors (Lipinski definition) is 5. The molecule has 0 amide bonds. The van der Waals surface area contributed by atoms with Gasteiger partial charge in [0.05, 0.1) is 11.4 Å². The summed E-state index contributed by atoms with van der Waals surface area (Å²) < 4.78 is 0. The van der Waals surface area contributed by atoms with Gasteiger partial charge in [0, 0.05) is 16.8 Å². The van der Waals surface area contributed by atoms with E-state index in [1.165, 1.54) is 5.56 Å². The van der Waals surface area contributed by atoms with Crippen LogP contribution in [0.2, 0.25) is 0 Å². The lowest BCUT2D eigenvalue weighted by atomic mass is 10.1. The van der Waals surface area contributed by atoms with Crippen molar-refractivity contribution in [2.24, 2.45) is 15.3 Å². The molecule has 39 heavy (non-hydrogen) atoms. The number of benzene rings is 5. The van der Waals surface area contributed by atoms with Crippen LogP contribution in [0.3, 0.4) is 0 Å². The SMILES string of the molecule is Cc1ccc(N2C(c3ccccc3)=NN(c3ccccc3)C2=C(N=Nc2ccccc2)c2ccccc2)cc1. The molecule has 5 nitrogen and oxygen atoms in total. The van der Waals surface area contributed by atoms with Crippen molar-refractivity contribution in [3.05, 3.63) is 168 Å². The van der Waals surface area contributed by atoms with Gasteiger partial charge >= 0.3 is 0 Å². The Hall–Kier alpha value is -5.29. The maximum atomic E-state index is 5.21. The molecule has 1 aliphatic heterocycles. The monoisotopic (exact) mass is 505 g/mol. The summed E-state index contributed by atoms with van der Waals surface area (Å²) in [5, 5.41) is 16.7. The third kappa shape index (κ3) is 5.11. The average molecular weight is 506 g/mol. The second-order valence-electron chi connectivity index (χ2n) is 9.18. The zero-order valence-electron chi connectivity index (χ0n) is 21.6. The van der Waals surface area contributed by atoms with Crippen LogP contribution in [0.25, 0.3) is 5.70 Å². The highest BCUT2D eigenvalue weighted by molar-refractivity contribution is 6.16. The number of azo groups is 1. The quantitative estimate of drug-likeness (QED) is 0.216. The lowest BCUT2D eigenvalue weighted by Gasteiger charge is -2.26. The van der Waals surface area contributed by atoms with Crippen LogP contribution in [-0.2, 0) is 0 Å². The summed E-state index contributed by atoms with van der Waals surface area (Å²) >= 11 is 0. The van der Waals surface area contributed by atoms with E-state index >= 15 is 0 Å². The van der Waals surface area contributed by atoms with Crippen molar-refractivity contribution in [2.45, 2.75) is 6.92 Å². The minimum absolute atomic E-state index is 0.707. The number of rotatable bonds is 6. The Balaban J connectivity index is 1.65. The summed E-state index contributed by atoms with van der Waals surface area (Å²) in [4.78, 5) is 2.17. The van der Waals surface area contributed by atoms with E-state index in [1.54, 1.807) is 0 Å². The molecule has 0 saturated carbocycles. The Morgan fingerprint density at radius 3 is 1.79 bits per heavy atom. The van der Waals surface area contributed by atoms with Crippen molar-refractivity contribution in [3.8, 4) is 0 Å². The number of anilines is 2. The molecule has 0 N–H and O–H groups in total. The highest BCUT2D eigenvalue weighted by Gasteiger charge is 2.35. The van der Waals surface area contributed by atoms with Gasteiger partial charge < -0.3 is 0 Å². The number of hydrogen-bond donors (Lipinski definition) is 0. The molecular formula is C34H27N5. The van der Waals surface area contributed by atoms with Crippen molar-refractivity contribution in [1.82, 2.24) is 0 Å². The van der Waals surface area contributed by atoms with E-state index in [1.807, 2.05) is 89.9 Å². The van der Waals surface area contributed by atoms with Gasteiger partial charge in [0.15, 0.2) is 11.7 Å². The minimum Gasteiger partial charge on any atom is -0.275 e. The standard InChI is InChI=1S/C34H27N5/c1-26-22-24-30(25-23-26)38-33(28-16-8-3-9-17-28)37-39(31-20-12-5-13-21-31)34(38)32(27-14-6-2-7-15-27)36-35-29-18-10-4-11-19-29/h2-25H,1H3. The van der Waals surface area contributed by atoms with Crippen molar-refractivity contribution in [1.29, 1.82) is 0 Å². The fourth-order valence-corrected chi connectivity index (χ4v) is 4.48. The summed E-state index contributed by atoms with van der Waals surface area (Å²) in [7, 11) is 0. The fraction of sp³-hybridized carbons (Fsp3) is 0.0294. The van der Waals surface area contributed by atoms with Crippen molar-refractivity contribution in [2.75, 3.05) is 9.91 Å². The first kappa shape index (κ1) is 24.1.